The van der Waals surface area contributed by atoms with E-state index in [2.05, 4.69) is 6.92 Å². The molecule has 4 saturated carbocycles. The van der Waals surface area contributed by atoms with Crippen molar-refractivity contribution in [3.63, 3.8) is 0 Å². The van der Waals surface area contributed by atoms with Gasteiger partial charge in [-0.25, -0.2) is 4.18 Å². The van der Waals surface area contributed by atoms with Crippen molar-refractivity contribution in [1.29, 1.82) is 0 Å². The van der Waals surface area contributed by atoms with Crippen molar-refractivity contribution in [2.75, 3.05) is 0 Å². The van der Waals surface area contributed by atoms with Crippen LogP contribution < -0.4 is 0 Å². The molecule has 0 saturated heterocycles. The molecule has 142 valence electrons. The van der Waals surface area contributed by atoms with Crippen LogP contribution in [-0.4, -0.2) is 24.9 Å². The number of fused-ring (bicyclic) bond motifs is 5. The molecule has 0 unspecified atom stereocenters. The molecule has 0 heterocycles. The lowest BCUT2D eigenvalue weighted by Gasteiger charge is -2.60. The Morgan fingerprint density at radius 1 is 1.12 bits per heavy atom. The minimum Gasteiger partial charge on any atom is -0.299 e. The summed E-state index contributed by atoms with van der Waals surface area (Å²) < 4.78 is 52.4. The zero-order chi connectivity index (χ0) is 19.8. The van der Waals surface area contributed by atoms with Gasteiger partial charge in [0.25, 0.3) is 0 Å². The van der Waals surface area contributed by atoms with Crippen LogP contribution in [0, 0.1) is 34.5 Å². The highest BCUT2D eigenvalue weighted by Crippen LogP contribution is 2.65. The molecule has 4 aliphatic rings. The molecule has 0 aromatic carbocycles. The van der Waals surface area contributed by atoms with Gasteiger partial charge in [-0.2, -0.15) is 8.42 Å². The molecule has 25 heavy (non-hydrogen) atoms. The molecule has 0 amide bonds. The third kappa shape index (κ3) is 2.79. The Morgan fingerprint density at radius 2 is 1.88 bits per heavy atom. The fourth-order valence-electron chi connectivity index (χ4n) is 6.86. The third-order valence-electron chi connectivity index (χ3n) is 8.27. The van der Waals surface area contributed by atoms with Crippen molar-refractivity contribution in [3.05, 3.63) is 0 Å². The van der Waals surface area contributed by atoms with Gasteiger partial charge in [0.05, 0.1) is 6.10 Å². The Balaban J connectivity index is 1.56. The first kappa shape index (κ1) is 15.6. The van der Waals surface area contributed by atoms with E-state index in [9.17, 15) is 13.2 Å². The summed E-state index contributed by atoms with van der Waals surface area (Å²) in [5, 5.41) is 0. The molecule has 0 aliphatic heterocycles. The van der Waals surface area contributed by atoms with Gasteiger partial charge in [0.1, 0.15) is 5.78 Å². The molecule has 0 spiro atoms. The second-order valence-electron chi connectivity index (χ2n) is 9.24. The van der Waals surface area contributed by atoms with Crippen molar-refractivity contribution in [1.82, 2.24) is 0 Å². The van der Waals surface area contributed by atoms with Crippen LogP contribution in [0.25, 0.3) is 0 Å². The molecule has 0 aromatic heterocycles. The summed E-state index contributed by atoms with van der Waals surface area (Å²) in [6.07, 6.45) is 3.90. The highest BCUT2D eigenvalue weighted by Gasteiger charge is 2.60. The molecule has 4 rings (SSSR count). The van der Waals surface area contributed by atoms with E-state index in [-0.39, 0.29) is 17.1 Å². The minimum absolute atomic E-state index is 0.0711. The molecule has 5 nitrogen and oxygen atoms in total. The average molecular weight is 373 g/mol. The second-order valence-corrected chi connectivity index (χ2v) is 10.3. The van der Waals surface area contributed by atoms with Crippen LogP contribution in [0.1, 0.15) is 74.3 Å². The lowest BCUT2D eigenvalue weighted by Crippen LogP contribution is -2.54. The number of Topliss-reactive ketones (excluding diaryl/α,β-unsaturated/α-hetero) is 1. The lowest BCUT2D eigenvalue weighted by molar-refractivity contribution is -0.141. The Labute approximate surface area is 153 Å². The maximum absolute atomic E-state index is 12.7. The summed E-state index contributed by atoms with van der Waals surface area (Å²) in [5.74, 6) is 1.07. The topological polar surface area (TPSA) is 80.7 Å². The van der Waals surface area contributed by atoms with Gasteiger partial charge in [0.2, 0.25) is 0 Å². The van der Waals surface area contributed by atoms with E-state index >= 15 is 0 Å². The van der Waals surface area contributed by atoms with E-state index in [1.165, 1.54) is 0 Å². The molecule has 0 radical (unpaired) electrons. The quantitative estimate of drug-likeness (QED) is 0.746. The SMILES string of the molecule is [2H]C1([2H])C[C@H]2[C@@H]3CC[C@H]4C[C@H](OS(=O)(=O)O)CC[C@]4(C)[C@H]3CC[C@]2(C)C1=O. The first-order valence-electron chi connectivity index (χ1n) is 10.6. The number of hydrogen-bond donors (Lipinski definition) is 1. The first-order valence-corrected chi connectivity index (χ1v) is 10.9. The van der Waals surface area contributed by atoms with Crippen LogP contribution in [-0.2, 0) is 19.4 Å². The molecule has 7 atom stereocenters. The van der Waals surface area contributed by atoms with Gasteiger partial charge < -0.3 is 0 Å². The molecule has 1 N–H and O–H groups in total. The number of rotatable bonds is 2. The molecule has 4 aliphatic carbocycles. The monoisotopic (exact) mass is 372 g/mol. The standard InChI is InChI=1S/C19H30O5S/c1-18-9-7-13(24-25(21,22)23)11-12(18)3-4-14-15-5-6-17(20)19(15,2)10-8-16(14)18/h12-16H,3-11H2,1-2H3,(H,21,22,23)/t12-,13+,14-,15-,16-,18-,19-/m0/s1/i6D2. The Kier molecular flexibility index (Phi) is 3.59. The molecular formula is C19H30O5S. The molecular weight excluding hydrogens is 340 g/mol. The van der Waals surface area contributed by atoms with E-state index in [1.54, 1.807) is 0 Å². The summed E-state index contributed by atoms with van der Waals surface area (Å²) in [7, 11) is -4.42. The molecule has 0 bridgehead atoms. The van der Waals surface area contributed by atoms with Gasteiger partial charge in [0, 0.05) is 14.5 Å². The maximum atomic E-state index is 12.7. The number of carbonyl (C=O) groups excluding carboxylic acids is 1. The predicted octanol–water partition coefficient (Wildman–Crippen LogP) is 3.79. The van der Waals surface area contributed by atoms with Crippen LogP contribution in [0.3, 0.4) is 0 Å². The summed E-state index contributed by atoms with van der Waals surface area (Å²) in [6, 6.07) is 0. The Hall–Kier alpha value is -0.460. The van der Waals surface area contributed by atoms with E-state index in [4.69, 9.17) is 11.5 Å². The third-order valence-corrected chi connectivity index (χ3v) is 8.78. The number of hydrogen-bond acceptors (Lipinski definition) is 4. The van der Waals surface area contributed by atoms with Crippen molar-refractivity contribution in [2.24, 2.45) is 34.5 Å². The van der Waals surface area contributed by atoms with Crippen molar-refractivity contribution in [2.45, 2.75) is 77.7 Å². The van der Waals surface area contributed by atoms with E-state index < -0.39 is 28.3 Å². The minimum atomic E-state index is -4.42. The van der Waals surface area contributed by atoms with Crippen molar-refractivity contribution < 1.29 is 24.7 Å². The fraction of sp³-hybridized carbons (Fsp3) is 0.947. The van der Waals surface area contributed by atoms with Gasteiger partial charge >= 0.3 is 10.4 Å². The maximum Gasteiger partial charge on any atom is 0.397 e. The summed E-state index contributed by atoms with van der Waals surface area (Å²) in [4.78, 5) is 12.7. The lowest BCUT2D eigenvalue weighted by atomic mass is 9.45. The summed E-state index contributed by atoms with van der Waals surface area (Å²) in [6.45, 7) is 4.28. The highest BCUT2D eigenvalue weighted by atomic mass is 32.3. The highest BCUT2D eigenvalue weighted by molar-refractivity contribution is 7.80. The Bertz CT molecular complexity index is 753. The zero-order valence-electron chi connectivity index (χ0n) is 17.0. The average Bonchev–Trinajstić information content (AvgIpc) is 2.73. The molecule has 6 heteroatoms. The van der Waals surface area contributed by atoms with Crippen LogP contribution in [0.15, 0.2) is 0 Å². The number of carbonyl (C=O) groups is 1. The predicted molar refractivity (Wildman–Crippen MR) is 93.2 cm³/mol. The van der Waals surface area contributed by atoms with Gasteiger partial charge in [-0.05, 0) is 80.5 Å². The fourth-order valence-corrected chi connectivity index (χ4v) is 7.38. The van der Waals surface area contributed by atoms with E-state index in [0.717, 1.165) is 32.1 Å². The second kappa shape index (κ2) is 5.77. The largest absolute Gasteiger partial charge is 0.397 e. The molecule has 0 aromatic rings. The van der Waals surface area contributed by atoms with Gasteiger partial charge in [-0.1, -0.05) is 13.8 Å². The molecule has 4 fully saturated rings. The van der Waals surface area contributed by atoms with Crippen LogP contribution in [0.4, 0.5) is 0 Å². The van der Waals surface area contributed by atoms with Gasteiger partial charge in [-0.15, -0.1) is 0 Å². The van der Waals surface area contributed by atoms with Crippen molar-refractivity contribution in [3.8, 4) is 0 Å². The normalized spacial score (nSPS) is 53.2. The van der Waals surface area contributed by atoms with Crippen LogP contribution in [0.5, 0.6) is 0 Å². The van der Waals surface area contributed by atoms with E-state index in [0.29, 0.717) is 37.0 Å². The van der Waals surface area contributed by atoms with Crippen molar-refractivity contribution >= 4 is 16.2 Å². The van der Waals surface area contributed by atoms with Crippen LogP contribution >= 0.6 is 0 Å². The first-order chi connectivity index (χ1) is 12.4. The number of ketones is 1. The van der Waals surface area contributed by atoms with Gasteiger partial charge in [0.15, 0.2) is 0 Å². The Morgan fingerprint density at radius 3 is 2.60 bits per heavy atom. The summed E-state index contributed by atoms with van der Waals surface area (Å²) in [5.41, 5.74) is -0.458. The summed E-state index contributed by atoms with van der Waals surface area (Å²) >= 11 is 0. The smallest absolute Gasteiger partial charge is 0.299 e. The van der Waals surface area contributed by atoms with Gasteiger partial charge in [-0.3, -0.25) is 9.35 Å². The van der Waals surface area contributed by atoms with E-state index in [1.807, 2.05) is 6.92 Å². The van der Waals surface area contributed by atoms with Crippen LogP contribution in [0.2, 0.25) is 0 Å². The zero-order valence-corrected chi connectivity index (χ0v) is 15.8.